The molecular formula is C15H19N3O3. The summed E-state index contributed by atoms with van der Waals surface area (Å²) in [6, 6.07) is 5.69. The molecule has 21 heavy (non-hydrogen) atoms. The number of nitrogens with one attached hydrogen (secondary N) is 1. The topological polar surface area (TPSA) is 69.4 Å². The predicted octanol–water partition coefficient (Wildman–Crippen LogP) is 3.14. The van der Waals surface area contributed by atoms with Crippen molar-refractivity contribution in [2.75, 3.05) is 18.5 Å². The quantitative estimate of drug-likeness (QED) is 0.932. The fourth-order valence-electron chi connectivity index (χ4n) is 2.10. The molecule has 112 valence electrons. The highest BCUT2D eigenvalue weighted by Gasteiger charge is 2.17. The van der Waals surface area contributed by atoms with Crippen LogP contribution in [0.5, 0.6) is 11.5 Å². The summed E-state index contributed by atoms with van der Waals surface area (Å²) in [5, 5.41) is 7.31. The van der Waals surface area contributed by atoms with Crippen LogP contribution in [-0.2, 0) is 0 Å². The van der Waals surface area contributed by atoms with Gasteiger partial charge in [0, 0.05) is 17.7 Å². The van der Waals surface area contributed by atoms with E-state index in [1.54, 1.807) is 0 Å². The van der Waals surface area contributed by atoms with E-state index in [2.05, 4.69) is 15.5 Å². The molecule has 1 N–H and O–H groups in total. The minimum absolute atomic E-state index is 0.0763. The van der Waals surface area contributed by atoms with Gasteiger partial charge in [0.25, 0.3) is 0 Å². The first-order valence-electron chi connectivity index (χ1n) is 7.13. The van der Waals surface area contributed by atoms with Gasteiger partial charge in [-0.3, -0.25) is 0 Å². The first-order valence-corrected chi connectivity index (χ1v) is 7.13. The van der Waals surface area contributed by atoms with Crippen LogP contribution in [0.25, 0.3) is 0 Å². The number of hydrogen-bond donors (Lipinski definition) is 1. The third kappa shape index (κ3) is 2.94. The van der Waals surface area contributed by atoms with Crippen molar-refractivity contribution >= 4 is 5.69 Å². The second-order valence-corrected chi connectivity index (χ2v) is 5.37. The Morgan fingerprint density at radius 3 is 2.57 bits per heavy atom. The molecule has 0 bridgehead atoms. The number of aromatic nitrogens is 2. The molecule has 0 fully saturated rings. The second kappa shape index (κ2) is 5.63. The first kappa shape index (κ1) is 13.7. The second-order valence-electron chi connectivity index (χ2n) is 5.37. The molecule has 0 aliphatic carbocycles. The summed E-state index contributed by atoms with van der Waals surface area (Å²) in [7, 11) is 0. The number of hydrogen-bond acceptors (Lipinski definition) is 6. The zero-order chi connectivity index (χ0) is 14.8. The van der Waals surface area contributed by atoms with Crippen molar-refractivity contribution in [2.45, 2.75) is 32.7 Å². The molecule has 1 aliphatic heterocycles. The van der Waals surface area contributed by atoms with E-state index in [1.807, 2.05) is 39.0 Å². The van der Waals surface area contributed by atoms with E-state index in [9.17, 15) is 0 Å². The Morgan fingerprint density at radius 1 is 1.10 bits per heavy atom. The summed E-state index contributed by atoms with van der Waals surface area (Å²) in [6.07, 6.45) is 0. The molecule has 0 unspecified atom stereocenters. The van der Waals surface area contributed by atoms with Gasteiger partial charge in [-0.1, -0.05) is 19.0 Å². The molecule has 1 aliphatic rings. The Morgan fingerprint density at radius 2 is 1.86 bits per heavy atom. The van der Waals surface area contributed by atoms with Gasteiger partial charge < -0.3 is 19.3 Å². The van der Waals surface area contributed by atoms with E-state index in [0.29, 0.717) is 19.1 Å². The van der Waals surface area contributed by atoms with E-state index in [-0.39, 0.29) is 12.0 Å². The highest BCUT2D eigenvalue weighted by Crippen LogP contribution is 2.33. The van der Waals surface area contributed by atoms with Crippen LogP contribution in [0.3, 0.4) is 0 Å². The van der Waals surface area contributed by atoms with E-state index in [4.69, 9.17) is 14.0 Å². The van der Waals surface area contributed by atoms with Crippen LogP contribution in [0.1, 0.15) is 44.4 Å². The van der Waals surface area contributed by atoms with Gasteiger partial charge in [-0.25, -0.2) is 0 Å². The largest absolute Gasteiger partial charge is 0.486 e. The standard InChI is InChI=1S/C15H19N3O3/c1-9(2)14-17-15(21-18-14)10(3)16-11-4-5-12-13(8-11)20-7-6-19-12/h4-5,8-10,16H,6-7H2,1-3H3/t10-/m1/s1. The molecule has 1 aromatic carbocycles. The molecule has 6 heteroatoms. The molecule has 2 heterocycles. The maximum absolute atomic E-state index is 5.57. The number of fused-ring (bicyclic) bond motifs is 1. The average molecular weight is 289 g/mol. The van der Waals surface area contributed by atoms with Gasteiger partial charge in [0.1, 0.15) is 19.3 Å². The summed E-state index contributed by atoms with van der Waals surface area (Å²) in [5.41, 5.74) is 0.927. The lowest BCUT2D eigenvalue weighted by atomic mass is 10.2. The van der Waals surface area contributed by atoms with Crippen molar-refractivity contribution in [3.63, 3.8) is 0 Å². The maximum atomic E-state index is 5.57. The summed E-state index contributed by atoms with van der Waals surface area (Å²) in [5.74, 6) is 3.09. The van der Waals surface area contributed by atoms with Crippen molar-refractivity contribution in [1.82, 2.24) is 10.1 Å². The van der Waals surface area contributed by atoms with Crippen LogP contribution in [0.15, 0.2) is 22.7 Å². The fraction of sp³-hybridized carbons (Fsp3) is 0.467. The van der Waals surface area contributed by atoms with E-state index in [1.165, 1.54) is 0 Å². The average Bonchev–Trinajstić information content (AvgIpc) is 2.97. The molecule has 0 saturated carbocycles. The zero-order valence-electron chi connectivity index (χ0n) is 12.4. The molecule has 0 saturated heterocycles. The Kier molecular flexibility index (Phi) is 3.68. The van der Waals surface area contributed by atoms with Crippen molar-refractivity contribution in [1.29, 1.82) is 0 Å². The summed E-state index contributed by atoms with van der Waals surface area (Å²) in [6.45, 7) is 7.22. The van der Waals surface area contributed by atoms with Crippen molar-refractivity contribution in [2.24, 2.45) is 0 Å². The Hall–Kier alpha value is -2.24. The van der Waals surface area contributed by atoms with Crippen LogP contribution >= 0.6 is 0 Å². The van der Waals surface area contributed by atoms with Crippen LogP contribution in [-0.4, -0.2) is 23.4 Å². The number of nitrogens with zero attached hydrogens (tertiary/aromatic N) is 2. The van der Waals surface area contributed by atoms with Crippen molar-refractivity contribution in [3.05, 3.63) is 29.9 Å². The summed E-state index contributed by atoms with van der Waals surface area (Å²) < 4.78 is 16.4. The molecule has 6 nitrogen and oxygen atoms in total. The van der Waals surface area contributed by atoms with Crippen LogP contribution in [0.2, 0.25) is 0 Å². The van der Waals surface area contributed by atoms with Gasteiger partial charge in [-0.05, 0) is 19.1 Å². The van der Waals surface area contributed by atoms with Crippen molar-refractivity contribution < 1.29 is 14.0 Å². The number of anilines is 1. The Balaban J connectivity index is 1.73. The van der Waals surface area contributed by atoms with Gasteiger partial charge in [-0.15, -0.1) is 0 Å². The van der Waals surface area contributed by atoms with Gasteiger partial charge in [0.2, 0.25) is 5.89 Å². The van der Waals surface area contributed by atoms with Gasteiger partial charge in [0.15, 0.2) is 17.3 Å². The zero-order valence-corrected chi connectivity index (χ0v) is 12.4. The molecule has 2 aromatic rings. The molecule has 0 amide bonds. The fourth-order valence-corrected chi connectivity index (χ4v) is 2.10. The van der Waals surface area contributed by atoms with Crippen LogP contribution in [0.4, 0.5) is 5.69 Å². The minimum atomic E-state index is -0.0763. The summed E-state index contributed by atoms with van der Waals surface area (Å²) >= 11 is 0. The lowest BCUT2D eigenvalue weighted by Crippen LogP contribution is -2.15. The molecule has 0 radical (unpaired) electrons. The molecular weight excluding hydrogens is 270 g/mol. The number of rotatable bonds is 4. The van der Waals surface area contributed by atoms with Gasteiger partial charge in [-0.2, -0.15) is 4.98 Å². The minimum Gasteiger partial charge on any atom is -0.486 e. The van der Waals surface area contributed by atoms with Crippen LogP contribution in [0, 0.1) is 0 Å². The SMILES string of the molecule is CC(C)c1noc([C@@H](C)Nc2ccc3c(c2)OCCO3)n1. The third-order valence-corrected chi connectivity index (χ3v) is 3.27. The van der Waals surface area contributed by atoms with E-state index in [0.717, 1.165) is 23.0 Å². The third-order valence-electron chi connectivity index (χ3n) is 3.27. The smallest absolute Gasteiger partial charge is 0.248 e. The molecule has 3 rings (SSSR count). The van der Waals surface area contributed by atoms with Crippen molar-refractivity contribution in [3.8, 4) is 11.5 Å². The monoisotopic (exact) mass is 289 g/mol. The first-order chi connectivity index (χ1) is 10.1. The molecule has 1 atom stereocenters. The van der Waals surface area contributed by atoms with E-state index >= 15 is 0 Å². The lowest BCUT2D eigenvalue weighted by molar-refractivity contribution is 0.171. The van der Waals surface area contributed by atoms with E-state index < -0.39 is 0 Å². The predicted molar refractivity (Wildman–Crippen MR) is 77.9 cm³/mol. The summed E-state index contributed by atoms with van der Waals surface area (Å²) in [4.78, 5) is 4.40. The normalized spacial score (nSPS) is 15.0. The molecule has 0 spiro atoms. The maximum Gasteiger partial charge on any atom is 0.248 e. The Labute approximate surface area is 123 Å². The number of benzene rings is 1. The van der Waals surface area contributed by atoms with Crippen LogP contribution < -0.4 is 14.8 Å². The molecule has 1 aromatic heterocycles. The van der Waals surface area contributed by atoms with Gasteiger partial charge >= 0.3 is 0 Å². The highest BCUT2D eigenvalue weighted by molar-refractivity contribution is 5.55. The highest BCUT2D eigenvalue weighted by atomic mass is 16.6. The number of ether oxygens (including phenoxy) is 2. The van der Waals surface area contributed by atoms with Gasteiger partial charge in [0.05, 0.1) is 0 Å². The lowest BCUT2D eigenvalue weighted by Gasteiger charge is -2.20. The Bertz CT molecular complexity index is 624.